The van der Waals surface area contributed by atoms with E-state index in [4.69, 9.17) is 19.2 Å². The average Bonchev–Trinajstić information content (AvgIpc) is 3.41. The van der Waals surface area contributed by atoms with Crippen molar-refractivity contribution < 1.29 is 23.8 Å². The van der Waals surface area contributed by atoms with Crippen LogP contribution in [0.15, 0.2) is 59.6 Å². The Labute approximate surface area is 271 Å². The lowest BCUT2D eigenvalue weighted by Crippen LogP contribution is -2.17. The summed E-state index contributed by atoms with van der Waals surface area (Å²) in [5.74, 6) is 1.52. The van der Waals surface area contributed by atoms with E-state index in [-0.39, 0.29) is 18.9 Å². The molecular weight excluding hydrogens is 607 g/mol. The molecule has 0 bridgehead atoms. The van der Waals surface area contributed by atoms with Gasteiger partial charge in [-0.05, 0) is 61.9 Å². The Hall–Kier alpha value is -4.33. The van der Waals surface area contributed by atoms with Crippen molar-refractivity contribution in [3.05, 3.63) is 76.2 Å². The Morgan fingerprint density at radius 2 is 1.91 bits per heavy atom. The molecule has 0 saturated carbocycles. The number of thiophene rings is 1. The summed E-state index contributed by atoms with van der Waals surface area (Å²) in [5, 5.41) is 14.4. The van der Waals surface area contributed by atoms with E-state index in [1.54, 1.807) is 27.2 Å². The van der Waals surface area contributed by atoms with Gasteiger partial charge < -0.3 is 19.5 Å². The predicted octanol–water partition coefficient (Wildman–Crippen LogP) is 7.79. The fourth-order valence-corrected chi connectivity index (χ4v) is 7.77. The molecule has 4 aromatic rings. The van der Waals surface area contributed by atoms with Crippen molar-refractivity contribution in [1.29, 1.82) is 5.26 Å². The smallest absolute Gasteiger partial charge is 0.341 e. The molecule has 1 amide bonds. The SMILES string of the molecule is CCOC(=O)c1c(NC(=O)CCSc2nc(-c3ccccc3)cc(-c3cc(OC)ccc3OC)c2C#N)sc2c1CCC(C)C2. The number of rotatable bonds is 11. The van der Waals surface area contributed by atoms with E-state index in [0.717, 1.165) is 35.3 Å². The summed E-state index contributed by atoms with van der Waals surface area (Å²) in [6, 6.07) is 19.4. The number of nitriles is 1. The molecule has 2 aromatic heterocycles. The van der Waals surface area contributed by atoms with Gasteiger partial charge in [0.25, 0.3) is 0 Å². The van der Waals surface area contributed by atoms with E-state index >= 15 is 0 Å². The summed E-state index contributed by atoms with van der Waals surface area (Å²) in [4.78, 5) is 32.1. The second-order valence-electron chi connectivity index (χ2n) is 10.7. The monoisotopic (exact) mass is 641 g/mol. The van der Waals surface area contributed by atoms with Crippen molar-refractivity contribution in [3.8, 4) is 40.0 Å². The van der Waals surface area contributed by atoms with E-state index in [0.29, 0.717) is 61.1 Å². The molecule has 0 fully saturated rings. The lowest BCUT2D eigenvalue weighted by atomic mass is 9.88. The number of anilines is 1. The summed E-state index contributed by atoms with van der Waals surface area (Å²) >= 11 is 2.82. The van der Waals surface area contributed by atoms with Gasteiger partial charge in [-0.25, -0.2) is 9.78 Å². The van der Waals surface area contributed by atoms with Crippen molar-refractivity contribution in [2.24, 2.45) is 5.92 Å². The Kier molecular flexibility index (Phi) is 10.4. The number of hydrogen-bond acceptors (Lipinski definition) is 9. The van der Waals surface area contributed by atoms with Gasteiger partial charge in [-0.3, -0.25) is 4.79 Å². The van der Waals surface area contributed by atoms with Gasteiger partial charge in [0.15, 0.2) is 0 Å². The third-order valence-electron chi connectivity index (χ3n) is 7.68. The number of esters is 1. The molecule has 1 N–H and O–H groups in total. The number of carbonyl (C=O) groups excluding carboxylic acids is 2. The van der Waals surface area contributed by atoms with Crippen molar-refractivity contribution in [1.82, 2.24) is 4.98 Å². The van der Waals surface area contributed by atoms with Crippen LogP contribution < -0.4 is 14.8 Å². The maximum atomic E-state index is 13.2. The second kappa shape index (κ2) is 14.6. The van der Waals surface area contributed by atoms with Crippen LogP contribution in [0.2, 0.25) is 0 Å². The van der Waals surface area contributed by atoms with Crippen LogP contribution in [0.5, 0.6) is 11.5 Å². The number of nitrogens with zero attached hydrogens (tertiary/aromatic N) is 2. The number of ether oxygens (including phenoxy) is 3. The fraction of sp³-hybridized carbons (Fsp3) is 0.314. The highest BCUT2D eigenvalue weighted by molar-refractivity contribution is 7.99. The van der Waals surface area contributed by atoms with Crippen LogP contribution in [0, 0.1) is 17.2 Å². The predicted molar refractivity (Wildman–Crippen MR) is 178 cm³/mol. The molecule has 0 radical (unpaired) electrons. The van der Waals surface area contributed by atoms with Crippen LogP contribution >= 0.6 is 23.1 Å². The summed E-state index contributed by atoms with van der Waals surface area (Å²) in [7, 11) is 3.18. The molecule has 2 aromatic carbocycles. The first-order chi connectivity index (χ1) is 21.9. The van der Waals surface area contributed by atoms with Gasteiger partial charge in [0, 0.05) is 33.7 Å². The Balaban J connectivity index is 1.42. The van der Waals surface area contributed by atoms with Crippen LogP contribution in [0.25, 0.3) is 22.4 Å². The minimum atomic E-state index is -0.393. The Morgan fingerprint density at radius 3 is 2.62 bits per heavy atom. The van der Waals surface area contributed by atoms with Crippen LogP contribution in [0.4, 0.5) is 5.00 Å². The van der Waals surface area contributed by atoms with E-state index in [1.807, 2.05) is 48.5 Å². The van der Waals surface area contributed by atoms with Crippen molar-refractivity contribution in [2.45, 2.75) is 44.6 Å². The summed E-state index contributed by atoms with van der Waals surface area (Å²) in [6.07, 6.45) is 2.85. The fourth-order valence-electron chi connectivity index (χ4n) is 5.42. The molecule has 2 heterocycles. The topological polar surface area (TPSA) is 111 Å². The number of thioether (sulfide) groups is 1. The van der Waals surface area contributed by atoms with E-state index < -0.39 is 5.97 Å². The number of methoxy groups -OCH3 is 2. The summed E-state index contributed by atoms with van der Waals surface area (Å²) in [6.45, 7) is 4.25. The highest BCUT2D eigenvalue weighted by Gasteiger charge is 2.29. The zero-order valence-electron chi connectivity index (χ0n) is 25.8. The highest BCUT2D eigenvalue weighted by Crippen LogP contribution is 2.42. The van der Waals surface area contributed by atoms with Crippen molar-refractivity contribution in [2.75, 3.05) is 31.9 Å². The molecule has 8 nitrogen and oxygen atoms in total. The van der Waals surface area contributed by atoms with Crippen LogP contribution in [-0.2, 0) is 22.4 Å². The van der Waals surface area contributed by atoms with Gasteiger partial charge in [0.2, 0.25) is 5.91 Å². The number of pyridine rings is 1. The van der Waals surface area contributed by atoms with Gasteiger partial charge in [0.05, 0.1) is 37.6 Å². The lowest BCUT2D eigenvalue weighted by Gasteiger charge is -2.18. The Morgan fingerprint density at radius 1 is 1.11 bits per heavy atom. The first kappa shape index (κ1) is 32.1. The first-order valence-electron chi connectivity index (χ1n) is 14.8. The van der Waals surface area contributed by atoms with Crippen LogP contribution in [0.3, 0.4) is 0 Å². The average molecular weight is 642 g/mol. The van der Waals surface area contributed by atoms with Gasteiger partial charge in [0.1, 0.15) is 27.6 Å². The van der Waals surface area contributed by atoms with Gasteiger partial charge >= 0.3 is 5.97 Å². The van der Waals surface area contributed by atoms with E-state index in [9.17, 15) is 14.9 Å². The van der Waals surface area contributed by atoms with E-state index in [1.165, 1.54) is 23.1 Å². The summed E-state index contributed by atoms with van der Waals surface area (Å²) in [5.41, 5.74) is 4.83. The molecule has 1 aliphatic rings. The largest absolute Gasteiger partial charge is 0.497 e. The third kappa shape index (κ3) is 7.16. The zero-order chi connectivity index (χ0) is 31.9. The standard InChI is InChI=1S/C35H35N3O5S2/c1-5-43-35(40)32-24-13-11-21(2)17-30(24)45-34(32)38-31(39)15-16-44-33-27(20-36)25(19-28(37-33)22-9-7-6-8-10-22)26-18-23(41-3)12-14-29(26)42-4/h6-10,12,14,18-19,21H,5,11,13,15-17H2,1-4H3,(H,38,39). The molecule has 45 heavy (non-hydrogen) atoms. The number of benzene rings is 2. The molecule has 0 saturated heterocycles. The summed E-state index contributed by atoms with van der Waals surface area (Å²) < 4.78 is 16.5. The number of aromatic nitrogens is 1. The molecule has 1 atom stereocenters. The molecular formula is C35H35N3O5S2. The maximum Gasteiger partial charge on any atom is 0.341 e. The zero-order valence-corrected chi connectivity index (χ0v) is 27.4. The van der Waals surface area contributed by atoms with Crippen LogP contribution in [-0.4, -0.2) is 43.4 Å². The highest BCUT2D eigenvalue weighted by atomic mass is 32.2. The molecule has 5 rings (SSSR count). The van der Waals surface area contributed by atoms with Gasteiger partial charge in [-0.1, -0.05) is 37.3 Å². The van der Waals surface area contributed by atoms with Crippen molar-refractivity contribution in [3.63, 3.8) is 0 Å². The molecule has 0 spiro atoms. The number of fused-ring (bicyclic) bond motifs is 1. The number of amides is 1. The van der Waals surface area contributed by atoms with Gasteiger partial charge in [-0.15, -0.1) is 23.1 Å². The molecule has 0 aliphatic heterocycles. The maximum absolute atomic E-state index is 13.2. The molecule has 1 unspecified atom stereocenters. The quantitative estimate of drug-likeness (QED) is 0.131. The molecule has 1 aliphatic carbocycles. The number of hydrogen-bond donors (Lipinski definition) is 1. The Bertz CT molecular complexity index is 1750. The lowest BCUT2D eigenvalue weighted by molar-refractivity contribution is -0.115. The number of carbonyl (C=O) groups is 2. The molecule has 232 valence electrons. The first-order valence-corrected chi connectivity index (χ1v) is 16.6. The van der Waals surface area contributed by atoms with Gasteiger partial charge in [-0.2, -0.15) is 5.26 Å². The van der Waals surface area contributed by atoms with Crippen LogP contribution in [0.1, 0.15) is 53.1 Å². The van der Waals surface area contributed by atoms with E-state index in [2.05, 4.69) is 18.3 Å². The van der Waals surface area contributed by atoms with Crippen molar-refractivity contribution >= 4 is 40.0 Å². The minimum absolute atomic E-state index is 0.159. The minimum Gasteiger partial charge on any atom is -0.497 e. The second-order valence-corrected chi connectivity index (χ2v) is 12.9. The normalized spacial score (nSPS) is 13.8. The third-order valence-corrected chi connectivity index (χ3v) is 9.82. The molecule has 10 heteroatoms. The number of nitrogens with one attached hydrogen (secondary N) is 1.